The molecule has 0 bridgehead atoms. The molecule has 0 spiro atoms. The van der Waals surface area contributed by atoms with Crippen LogP contribution >= 0.6 is 11.6 Å². The molecule has 9 heteroatoms. The Hall–Kier alpha value is -3.44. The van der Waals surface area contributed by atoms with Crippen molar-refractivity contribution in [3.63, 3.8) is 0 Å². The van der Waals surface area contributed by atoms with Crippen LogP contribution in [0.1, 0.15) is 54.1 Å². The maximum Gasteiger partial charge on any atom is 0.256 e. The zero-order chi connectivity index (χ0) is 25.5. The Bertz CT molecular complexity index is 1240. The molecule has 0 saturated carbocycles. The fourth-order valence-electron chi connectivity index (χ4n) is 4.80. The van der Waals surface area contributed by atoms with Gasteiger partial charge in [-0.15, -0.1) is 0 Å². The van der Waals surface area contributed by atoms with E-state index in [4.69, 9.17) is 11.6 Å². The average Bonchev–Trinajstić information content (AvgIpc) is 3.31. The topological polar surface area (TPSA) is 93.5 Å². The molecule has 0 unspecified atom stereocenters. The monoisotopic (exact) mass is 496 g/mol. The first-order valence-corrected chi connectivity index (χ1v) is 11.7. The van der Waals surface area contributed by atoms with E-state index in [1.54, 1.807) is 30.3 Å². The van der Waals surface area contributed by atoms with Gasteiger partial charge in [-0.1, -0.05) is 41.9 Å². The third-order valence-corrected chi connectivity index (χ3v) is 6.90. The Labute approximate surface area is 208 Å². The minimum absolute atomic E-state index is 0.0767. The molecule has 2 aromatic rings. The molecule has 2 heterocycles. The quantitative estimate of drug-likeness (QED) is 0.619. The molecule has 2 aromatic carbocycles. The van der Waals surface area contributed by atoms with Crippen LogP contribution in [0.3, 0.4) is 0 Å². The van der Waals surface area contributed by atoms with Crippen molar-refractivity contribution < 1.29 is 18.8 Å². The van der Waals surface area contributed by atoms with Crippen molar-refractivity contribution in [2.45, 2.75) is 56.9 Å². The Kier molecular flexibility index (Phi) is 6.56. The number of carbonyl (C=O) groups is 3. The summed E-state index contributed by atoms with van der Waals surface area (Å²) in [5, 5.41) is 13.0. The van der Waals surface area contributed by atoms with Crippen molar-refractivity contribution in [2.24, 2.45) is 0 Å². The van der Waals surface area contributed by atoms with E-state index in [-0.39, 0.29) is 30.3 Å². The molecular weight excluding hydrogens is 471 g/mol. The molecular formula is C26H26ClFN4O3. The van der Waals surface area contributed by atoms with E-state index in [0.29, 0.717) is 16.8 Å². The number of hydrogen-bond acceptors (Lipinski definition) is 4. The van der Waals surface area contributed by atoms with Crippen LogP contribution in [0.5, 0.6) is 0 Å². The summed E-state index contributed by atoms with van der Waals surface area (Å²) in [5.74, 6) is -1.85. The van der Waals surface area contributed by atoms with E-state index < -0.39 is 35.5 Å². The van der Waals surface area contributed by atoms with E-state index in [2.05, 4.69) is 11.4 Å². The van der Waals surface area contributed by atoms with Crippen molar-refractivity contribution in [1.29, 1.82) is 5.26 Å². The molecule has 3 atom stereocenters. The van der Waals surface area contributed by atoms with E-state index in [9.17, 15) is 24.0 Å². The van der Waals surface area contributed by atoms with E-state index >= 15 is 0 Å². The van der Waals surface area contributed by atoms with Gasteiger partial charge >= 0.3 is 0 Å². The number of para-hydroxylation sites is 1. The number of hydrogen-bond donors (Lipinski definition) is 1. The van der Waals surface area contributed by atoms with Gasteiger partial charge in [0.05, 0.1) is 22.6 Å². The zero-order valence-electron chi connectivity index (χ0n) is 19.7. The second-order valence-electron chi connectivity index (χ2n) is 9.60. The number of fused-ring (bicyclic) bond motifs is 2. The van der Waals surface area contributed by atoms with Gasteiger partial charge in [0.25, 0.3) is 5.91 Å². The van der Waals surface area contributed by atoms with Gasteiger partial charge in [-0.05, 0) is 43.5 Å². The van der Waals surface area contributed by atoms with Crippen molar-refractivity contribution in [2.75, 3.05) is 12.4 Å². The van der Waals surface area contributed by atoms with Gasteiger partial charge in [0, 0.05) is 25.7 Å². The number of alkyl halides is 1. The van der Waals surface area contributed by atoms with Crippen LogP contribution < -0.4 is 5.32 Å². The maximum absolute atomic E-state index is 14.8. The summed E-state index contributed by atoms with van der Waals surface area (Å²) in [7, 11) is 1.45. The highest BCUT2D eigenvalue weighted by Crippen LogP contribution is 2.37. The van der Waals surface area contributed by atoms with Crippen LogP contribution in [-0.4, -0.2) is 52.3 Å². The molecule has 0 fully saturated rings. The number of nitriles is 1. The highest BCUT2D eigenvalue weighted by atomic mass is 35.5. The van der Waals surface area contributed by atoms with Crippen LogP contribution in [0.4, 0.5) is 10.1 Å². The van der Waals surface area contributed by atoms with Gasteiger partial charge in [-0.2, -0.15) is 5.26 Å². The van der Waals surface area contributed by atoms with Crippen LogP contribution in [0.25, 0.3) is 0 Å². The summed E-state index contributed by atoms with van der Waals surface area (Å²) in [5.41, 5.74) is 0.660. The maximum atomic E-state index is 14.8. The Morgan fingerprint density at radius 2 is 2.00 bits per heavy atom. The first-order valence-electron chi connectivity index (χ1n) is 11.3. The highest BCUT2D eigenvalue weighted by Gasteiger charge is 2.43. The lowest BCUT2D eigenvalue weighted by molar-refractivity contribution is -0.138. The number of amides is 3. The standard InChI is InChI=1S/C26H26ClFN4O3/c1-26(2,28)12-21(32-14-15-7-6-9-19(27)22(15)25(32)35)24(34)31(3)16(13-29)11-18-17-8-4-5-10-20(17)30-23(18)33/h4-10,16,18,21H,11-12,14H2,1-3H3,(H,30,33)/t16-,18+,21-/m0/s1. The summed E-state index contributed by atoms with van der Waals surface area (Å²) >= 11 is 6.23. The summed E-state index contributed by atoms with van der Waals surface area (Å²) in [6, 6.07) is 12.3. The molecule has 4 rings (SSSR count). The third kappa shape index (κ3) is 4.73. The van der Waals surface area contributed by atoms with E-state index in [1.807, 2.05) is 12.1 Å². The lowest BCUT2D eigenvalue weighted by Gasteiger charge is -2.35. The van der Waals surface area contributed by atoms with Gasteiger partial charge in [0.2, 0.25) is 11.8 Å². The molecule has 0 aromatic heterocycles. The largest absolute Gasteiger partial charge is 0.328 e. The van der Waals surface area contributed by atoms with E-state index in [0.717, 1.165) is 5.56 Å². The SMILES string of the molecule is CN(C(=O)[C@H](CC(C)(C)F)N1Cc2cccc(Cl)c2C1=O)[C@H](C#N)C[C@H]1C(=O)Nc2ccccc21. The normalized spacial score (nSPS) is 18.4. The lowest BCUT2D eigenvalue weighted by Crippen LogP contribution is -2.52. The van der Waals surface area contributed by atoms with Crippen LogP contribution in [0, 0.1) is 11.3 Å². The first-order chi connectivity index (χ1) is 16.5. The van der Waals surface area contributed by atoms with Crippen molar-refractivity contribution in [1.82, 2.24) is 9.80 Å². The van der Waals surface area contributed by atoms with Crippen molar-refractivity contribution in [3.05, 3.63) is 64.2 Å². The van der Waals surface area contributed by atoms with E-state index in [1.165, 1.54) is 30.7 Å². The number of nitrogens with zero attached hydrogens (tertiary/aromatic N) is 3. The molecule has 0 saturated heterocycles. The molecule has 3 amide bonds. The molecule has 35 heavy (non-hydrogen) atoms. The molecule has 7 nitrogen and oxygen atoms in total. The number of nitrogens with one attached hydrogen (secondary N) is 1. The minimum Gasteiger partial charge on any atom is -0.328 e. The number of likely N-dealkylation sites (N-methyl/N-ethyl adjacent to an activating group) is 1. The fraction of sp³-hybridized carbons (Fsp3) is 0.385. The first kappa shape index (κ1) is 24.7. The van der Waals surface area contributed by atoms with Gasteiger partial charge in [-0.3, -0.25) is 14.4 Å². The number of carbonyl (C=O) groups excluding carboxylic acids is 3. The van der Waals surface area contributed by atoms with Gasteiger partial charge in [0.1, 0.15) is 17.8 Å². The molecule has 182 valence electrons. The van der Waals surface area contributed by atoms with Crippen molar-refractivity contribution >= 4 is 35.0 Å². The average molecular weight is 497 g/mol. The predicted octanol–water partition coefficient (Wildman–Crippen LogP) is 4.28. The zero-order valence-corrected chi connectivity index (χ0v) is 20.5. The molecule has 0 aliphatic carbocycles. The summed E-state index contributed by atoms with van der Waals surface area (Å²) in [6.45, 7) is 2.80. The fourth-order valence-corrected chi connectivity index (χ4v) is 5.08. The third-order valence-electron chi connectivity index (χ3n) is 6.59. The lowest BCUT2D eigenvalue weighted by atomic mass is 9.92. The van der Waals surface area contributed by atoms with Gasteiger partial charge in [-0.25, -0.2) is 4.39 Å². The number of halogens is 2. The summed E-state index contributed by atoms with van der Waals surface area (Å²) in [4.78, 5) is 42.0. The molecule has 0 radical (unpaired) electrons. The second-order valence-corrected chi connectivity index (χ2v) is 10.0. The van der Waals surface area contributed by atoms with Crippen LogP contribution in [-0.2, 0) is 16.1 Å². The van der Waals surface area contributed by atoms with Gasteiger partial charge < -0.3 is 15.1 Å². The highest BCUT2D eigenvalue weighted by molar-refractivity contribution is 6.34. The minimum atomic E-state index is -1.76. The van der Waals surface area contributed by atoms with Crippen LogP contribution in [0.2, 0.25) is 5.02 Å². The predicted molar refractivity (Wildman–Crippen MR) is 130 cm³/mol. The van der Waals surface area contributed by atoms with Crippen molar-refractivity contribution in [3.8, 4) is 6.07 Å². The summed E-state index contributed by atoms with van der Waals surface area (Å²) in [6.07, 6.45) is -0.175. The Morgan fingerprint density at radius 1 is 1.29 bits per heavy atom. The molecule has 1 N–H and O–H groups in total. The number of rotatable bonds is 7. The molecule has 2 aliphatic heterocycles. The Balaban J connectivity index is 1.59. The Morgan fingerprint density at radius 3 is 2.66 bits per heavy atom. The van der Waals surface area contributed by atoms with Crippen LogP contribution in [0.15, 0.2) is 42.5 Å². The smallest absolute Gasteiger partial charge is 0.256 e. The summed E-state index contributed by atoms with van der Waals surface area (Å²) < 4.78 is 14.8. The number of benzene rings is 2. The number of anilines is 1. The van der Waals surface area contributed by atoms with Gasteiger partial charge in [0.15, 0.2) is 0 Å². The second kappa shape index (κ2) is 9.31. The molecule has 2 aliphatic rings.